The van der Waals surface area contributed by atoms with Gasteiger partial charge in [-0.2, -0.15) is 0 Å². The molecule has 2 rings (SSSR count). The van der Waals surface area contributed by atoms with Crippen molar-refractivity contribution in [3.05, 3.63) is 53.8 Å². The Hall–Kier alpha value is -2.45. The van der Waals surface area contributed by atoms with Crippen LogP contribution in [-0.4, -0.2) is 38.8 Å². The molecule has 0 heterocycles. The Morgan fingerprint density at radius 1 is 1.15 bits per heavy atom. The molecule has 26 heavy (non-hydrogen) atoms. The van der Waals surface area contributed by atoms with Crippen LogP contribution in [0.4, 0.5) is 10.1 Å². The minimum absolute atomic E-state index is 0.0792. The highest BCUT2D eigenvalue weighted by molar-refractivity contribution is 7.89. The second-order valence-corrected chi connectivity index (χ2v) is 8.12. The summed E-state index contributed by atoms with van der Waals surface area (Å²) < 4.78 is 44.0. The number of benzene rings is 2. The molecule has 1 amide bonds. The van der Waals surface area contributed by atoms with Gasteiger partial charge < -0.3 is 10.1 Å². The molecule has 0 saturated heterocycles. The van der Waals surface area contributed by atoms with Crippen molar-refractivity contribution < 1.29 is 22.3 Å². The number of aryl methyl sites for hydroxylation is 1. The van der Waals surface area contributed by atoms with Crippen LogP contribution in [0.25, 0.3) is 0 Å². The zero-order valence-electron chi connectivity index (χ0n) is 15.0. The normalized spacial score (nSPS) is 12.7. The van der Waals surface area contributed by atoms with E-state index in [0.717, 1.165) is 4.31 Å². The van der Waals surface area contributed by atoms with Crippen LogP contribution in [0.3, 0.4) is 0 Å². The molecule has 0 aliphatic carbocycles. The first-order valence-electron chi connectivity index (χ1n) is 7.87. The maximum atomic E-state index is 12.9. The van der Waals surface area contributed by atoms with Crippen molar-refractivity contribution in [1.29, 1.82) is 0 Å². The second kappa shape index (κ2) is 7.84. The molecule has 1 atom stereocenters. The first-order chi connectivity index (χ1) is 12.1. The first kappa shape index (κ1) is 19.9. The van der Waals surface area contributed by atoms with Gasteiger partial charge in [0.2, 0.25) is 10.0 Å². The molecule has 1 unspecified atom stereocenters. The monoisotopic (exact) mass is 380 g/mol. The van der Waals surface area contributed by atoms with Crippen LogP contribution in [0.15, 0.2) is 47.4 Å². The van der Waals surface area contributed by atoms with Crippen LogP contribution in [-0.2, 0) is 14.8 Å². The molecule has 0 bridgehead atoms. The highest BCUT2D eigenvalue weighted by Gasteiger charge is 2.20. The van der Waals surface area contributed by atoms with Crippen molar-refractivity contribution in [1.82, 2.24) is 4.31 Å². The summed E-state index contributed by atoms with van der Waals surface area (Å²) >= 11 is 0. The van der Waals surface area contributed by atoms with Gasteiger partial charge >= 0.3 is 0 Å². The zero-order valence-corrected chi connectivity index (χ0v) is 15.8. The molecule has 2 aromatic rings. The van der Waals surface area contributed by atoms with Gasteiger partial charge in [-0.3, -0.25) is 4.79 Å². The van der Waals surface area contributed by atoms with E-state index in [1.165, 1.54) is 50.5 Å². The maximum Gasteiger partial charge on any atom is 0.265 e. The van der Waals surface area contributed by atoms with Crippen LogP contribution in [0.2, 0.25) is 0 Å². The fraction of sp³-hybridized carbons (Fsp3) is 0.278. The number of halogens is 1. The molecule has 0 spiro atoms. The number of amides is 1. The molecule has 1 N–H and O–H groups in total. The smallest absolute Gasteiger partial charge is 0.265 e. The third-order valence-corrected chi connectivity index (χ3v) is 5.55. The molecular formula is C18H21FN2O4S. The third-order valence-electron chi connectivity index (χ3n) is 3.74. The highest BCUT2D eigenvalue weighted by atomic mass is 32.2. The van der Waals surface area contributed by atoms with Crippen molar-refractivity contribution in [2.75, 3.05) is 19.4 Å². The summed E-state index contributed by atoms with van der Waals surface area (Å²) in [7, 11) is -0.736. The number of sulfonamides is 1. The molecular weight excluding hydrogens is 359 g/mol. The molecule has 0 aliphatic rings. The van der Waals surface area contributed by atoms with Crippen LogP contribution >= 0.6 is 0 Å². The number of nitrogens with zero attached hydrogens (tertiary/aromatic N) is 1. The summed E-state index contributed by atoms with van der Waals surface area (Å²) in [6.45, 7) is 3.31. The topological polar surface area (TPSA) is 75.7 Å². The molecule has 8 heteroatoms. The average Bonchev–Trinajstić information content (AvgIpc) is 2.58. The van der Waals surface area contributed by atoms with E-state index in [4.69, 9.17) is 4.74 Å². The first-order valence-corrected chi connectivity index (χ1v) is 9.31. The summed E-state index contributed by atoms with van der Waals surface area (Å²) in [6.07, 6.45) is -0.853. The van der Waals surface area contributed by atoms with Gasteiger partial charge in [-0.05, 0) is 55.8 Å². The number of anilines is 1. The summed E-state index contributed by atoms with van der Waals surface area (Å²) in [5.74, 6) is -0.490. The molecule has 0 saturated carbocycles. The van der Waals surface area contributed by atoms with E-state index in [9.17, 15) is 17.6 Å². The van der Waals surface area contributed by atoms with Crippen molar-refractivity contribution >= 4 is 21.6 Å². The Morgan fingerprint density at radius 2 is 1.77 bits per heavy atom. The second-order valence-electron chi connectivity index (χ2n) is 5.97. The number of carbonyl (C=O) groups excluding carboxylic acids is 1. The van der Waals surface area contributed by atoms with Crippen molar-refractivity contribution in [2.24, 2.45) is 0 Å². The molecule has 2 aromatic carbocycles. The van der Waals surface area contributed by atoms with E-state index < -0.39 is 27.9 Å². The molecule has 0 aromatic heterocycles. The highest BCUT2D eigenvalue weighted by Crippen LogP contribution is 2.22. The van der Waals surface area contributed by atoms with E-state index in [-0.39, 0.29) is 4.90 Å². The molecule has 0 aliphatic heterocycles. The van der Waals surface area contributed by atoms with E-state index in [1.54, 1.807) is 19.9 Å². The number of nitrogens with one attached hydrogen (secondary N) is 1. The largest absolute Gasteiger partial charge is 0.481 e. The Kier molecular flexibility index (Phi) is 5.99. The fourth-order valence-electron chi connectivity index (χ4n) is 2.11. The van der Waals surface area contributed by atoms with Gasteiger partial charge in [-0.15, -0.1) is 0 Å². The number of rotatable bonds is 6. The van der Waals surface area contributed by atoms with Crippen LogP contribution in [0.1, 0.15) is 12.5 Å². The number of carbonyl (C=O) groups is 1. The van der Waals surface area contributed by atoms with Gasteiger partial charge in [0.15, 0.2) is 6.10 Å². The number of ether oxygens (including phenoxy) is 1. The van der Waals surface area contributed by atoms with Crippen LogP contribution < -0.4 is 10.1 Å². The summed E-state index contributed by atoms with van der Waals surface area (Å²) in [4.78, 5) is 12.4. The lowest BCUT2D eigenvalue weighted by molar-refractivity contribution is -0.122. The lowest BCUT2D eigenvalue weighted by Crippen LogP contribution is -2.30. The Bertz CT molecular complexity index is 896. The minimum atomic E-state index is -3.61. The zero-order chi connectivity index (χ0) is 19.5. The van der Waals surface area contributed by atoms with Gasteiger partial charge in [0.25, 0.3) is 5.91 Å². The van der Waals surface area contributed by atoms with Gasteiger partial charge in [0.05, 0.1) is 4.90 Å². The summed E-state index contributed by atoms with van der Waals surface area (Å²) in [5, 5.41) is 2.67. The molecule has 6 nitrogen and oxygen atoms in total. The van der Waals surface area contributed by atoms with E-state index >= 15 is 0 Å². The maximum absolute atomic E-state index is 12.9. The van der Waals surface area contributed by atoms with E-state index in [0.29, 0.717) is 17.0 Å². The van der Waals surface area contributed by atoms with Crippen molar-refractivity contribution in [2.45, 2.75) is 24.8 Å². The summed E-state index contributed by atoms with van der Waals surface area (Å²) in [5.41, 5.74) is 1.09. The lowest BCUT2D eigenvalue weighted by Gasteiger charge is -2.17. The van der Waals surface area contributed by atoms with Crippen LogP contribution in [0, 0.1) is 12.7 Å². The fourth-order valence-corrected chi connectivity index (χ4v) is 3.04. The lowest BCUT2D eigenvalue weighted by atomic mass is 10.2. The Balaban J connectivity index is 2.16. The minimum Gasteiger partial charge on any atom is -0.481 e. The van der Waals surface area contributed by atoms with Gasteiger partial charge in [-0.25, -0.2) is 17.1 Å². The number of hydrogen-bond acceptors (Lipinski definition) is 4. The SMILES string of the molecule is Cc1ccc(S(=O)(=O)N(C)C)cc1NC(=O)C(C)Oc1ccc(F)cc1. The van der Waals surface area contributed by atoms with Crippen molar-refractivity contribution in [3.63, 3.8) is 0 Å². The van der Waals surface area contributed by atoms with Crippen molar-refractivity contribution in [3.8, 4) is 5.75 Å². The van der Waals surface area contributed by atoms with Gasteiger partial charge in [-0.1, -0.05) is 6.07 Å². The standard InChI is InChI=1S/C18H21FN2O4S/c1-12-5-10-16(26(23,24)21(3)4)11-17(12)20-18(22)13(2)25-15-8-6-14(19)7-9-15/h5-11,13H,1-4H3,(H,20,22). The Labute approximate surface area is 152 Å². The van der Waals surface area contributed by atoms with Gasteiger partial charge in [0.1, 0.15) is 11.6 Å². The summed E-state index contributed by atoms with van der Waals surface area (Å²) in [6, 6.07) is 9.84. The molecule has 0 fully saturated rings. The van der Waals surface area contributed by atoms with Gasteiger partial charge in [0, 0.05) is 19.8 Å². The average molecular weight is 380 g/mol. The third kappa shape index (κ3) is 4.59. The quantitative estimate of drug-likeness (QED) is 0.836. The molecule has 140 valence electrons. The predicted molar refractivity (Wildman–Crippen MR) is 97.2 cm³/mol. The predicted octanol–water partition coefficient (Wildman–Crippen LogP) is 2.79. The molecule has 0 radical (unpaired) electrons. The van der Waals surface area contributed by atoms with E-state index in [1.807, 2.05) is 0 Å². The number of hydrogen-bond donors (Lipinski definition) is 1. The Morgan fingerprint density at radius 3 is 2.35 bits per heavy atom. The van der Waals surface area contributed by atoms with E-state index in [2.05, 4.69) is 5.32 Å². The van der Waals surface area contributed by atoms with Crippen LogP contribution in [0.5, 0.6) is 5.75 Å².